The maximum atomic E-state index is 5.36. The average Bonchev–Trinajstić information content (AvgIpc) is 2.72. The molecule has 0 amide bonds. The predicted octanol–water partition coefficient (Wildman–Crippen LogP) is 3.69. The van der Waals surface area contributed by atoms with Crippen molar-refractivity contribution in [3.63, 3.8) is 0 Å². The van der Waals surface area contributed by atoms with Gasteiger partial charge in [0.2, 0.25) is 0 Å². The number of thioether (sulfide) groups is 1. The molecule has 0 spiro atoms. The molecule has 2 rings (SSSR count). The summed E-state index contributed by atoms with van der Waals surface area (Å²) in [7, 11) is 1.69. The molecule has 0 bridgehead atoms. The first kappa shape index (κ1) is 13.3. The maximum absolute atomic E-state index is 5.36. The molecular formula is C14H20N2OS. The smallest absolute Gasteiger partial charge is 0.161 e. The van der Waals surface area contributed by atoms with Crippen LogP contribution in [-0.2, 0) is 0 Å². The molecule has 3 nitrogen and oxygen atoms in total. The largest absolute Gasteiger partial charge is 0.495 e. The summed E-state index contributed by atoms with van der Waals surface area (Å²) < 4.78 is 5.36. The summed E-state index contributed by atoms with van der Waals surface area (Å²) in [6.45, 7) is 6.45. The van der Waals surface area contributed by atoms with Crippen molar-refractivity contribution in [2.24, 2.45) is 4.99 Å². The van der Waals surface area contributed by atoms with Crippen molar-refractivity contribution in [2.45, 2.75) is 32.7 Å². The second-order valence-corrected chi connectivity index (χ2v) is 5.85. The molecule has 0 saturated heterocycles. The van der Waals surface area contributed by atoms with Crippen LogP contribution in [0.5, 0.6) is 5.75 Å². The van der Waals surface area contributed by atoms with Crippen molar-refractivity contribution in [2.75, 3.05) is 18.2 Å². The Balaban J connectivity index is 2.20. The fraction of sp³-hybridized carbons (Fsp3) is 0.500. The van der Waals surface area contributed by atoms with Crippen LogP contribution in [0.2, 0.25) is 0 Å². The molecule has 4 heteroatoms. The molecule has 0 radical (unpaired) electrons. The van der Waals surface area contributed by atoms with Crippen LogP contribution in [0.3, 0.4) is 0 Å². The van der Waals surface area contributed by atoms with Crippen LogP contribution >= 0.6 is 11.8 Å². The van der Waals surface area contributed by atoms with E-state index in [2.05, 4.69) is 32.2 Å². The molecular weight excluding hydrogens is 244 g/mol. The van der Waals surface area contributed by atoms with E-state index in [9.17, 15) is 0 Å². The predicted molar refractivity (Wildman–Crippen MR) is 79.9 cm³/mol. The van der Waals surface area contributed by atoms with Gasteiger partial charge in [0.1, 0.15) is 5.75 Å². The first-order valence-electron chi connectivity index (χ1n) is 6.20. The van der Waals surface area contributed by atoms with Crippen LogP contribution in [0.25, 0.3) is 0 Å². The van der Waals surface area contributed by atoms with Gasteiger partial charge < -0.3 is 10.1 Å². The number of amidine groups is 1. The third kappa shape index (κ3) is 2.80. The topological polar surface area (TPSA) is 33.6 Å². The molecule has 0 aliphatic carbocycles. The number of hydrogen-bond donors (Lipinski definition) is 1. The van der Waals surface area contributed by atoms with E-state index in [1.807, 2.05) is 12.1 Å². The first-order valence-corrected chi connectivity index (χ1v) is 7.19. The molecule has 0 aromatic heterocycles. The zero-order chi connectivity index (χ0) is 13.2. The van der Waals surface area contributed by atoms with E-state index >= 15 is 0 Å². The van der Waals surface area contributed by atoms with E-state index < -0.39 is 0 Å². The number of aryl methyl sites for hydroxylation is 1. The quantitative estimate of drug-likeness (QED) is 0.904. The second kappa shape index (κ2) is 5.22. The van der Waals surface area contributed by atoms with E-state index in [1.54, 1.807) is 18.9 Å². The number of rotatable bonds is 3. The Hall–Kier alpha value is -1.16. The number of methoxy groups -OCH3 is 1. The number of ether oxygens (including phenoxy) is 1. The van der Waals surface area contributed by atoms with Gasteiger partial charge in [-0.3, -0.25) is 4.99 Å². The van der Waals surface area contributed by atoms with Gasteiger partial charge in [-0.2, -0.15) is 0 Å². The van der Waals surface area contributed by atoms with Crippen LogP contribution in [0.15, 0.2) is 23.2 Å². The van der Waals surface area contributed by atoms with E-state index in [0.717, 1.165) is 28.8 Å². The Morgan fingerprint density at radius 2 is 2.28 bits per heavy atom. The highest BCUT2D eigenvalue weighted by Gasteiger charge is 2.29. The second-order valence-electron chi connectivity index (χ2n) is 4.88. The minimum atomic E-state index is 0.0735. The summed E-state index contributed by atoms with van der Waals surface area (Å²) in [5.41, 5.74) is 2.27. The zero-order valence-corrected chi connectivity index (χ0v) is 12.2. The van der Waals surface area contributed by atoms with Crippen molar-refractivity contribution >= 4 is 22.6 Å². The van der Waals surface area contributed by atoms with Crippen LogP contribution in [0.1, 0.15) is 25.8 Å². The Morgan fingerprint density at radius 1 is 1.50 bits per heavy atom. The molecule has 1 aromatic carbocycles. The Labute approximate surface area is 113 Å². The molecule has 1 aliphatic heterocycles. The van der Waals surface area contributed by atoms with Crippen molar-refractivity contribution in [3.05, 3.63) is 23.8 Å². The minimum Gasteiger partial charge on any atom is -0.495 e. The van der Waals surface area contributed by atoms with E-state index in [1.165, 1.54) is 5.56 Å². The summed E-state index contributed by atoms with van der Waals surface area (Å²) >= 11 is 1.78. The van der Waals surface area contributed by atoms with Crippen LogP contribution in [0.4, 0.5) is 5.69 Å². The van der Waals surface area contributed by atoms with Gasteiger partial charge in [-0.15, -0.1) is 0 Å². The lowest BCUT2D eigenvalue weighted by Crippen LogP contribution is -2.20. The molecule has 1 unspecified atom stereocenters. The molecule has 0 saturated carbocycles. The minimum absolute atomic E-state index is 0.0735. The monoisotopic (exact) mass is 264 g/mol. The highest BCUT2D eigenvalue weighted by atomic mass is 32.2. The Kier molecular flexibility index (Phi) is 3.85. The van der Waals surface area contributed by atoms with Crippen LogP contribution < -0.4 is 10.1 Å². The van der Waals surface area contributed by atoms with Crippen LogP contribution in [-0.4, -0.2) is 23.6 Å². The summed E-state index contributed by atoms with van der Waals surface area (Å²) in [4.78, 5) is 4.75. The SMILES string of the molecule is CCC1(C)CSC(Nc2cc(C)ccc2OC)=N1. The number of anilines is 1. The highest BCUT2D eigenvalue weighted by Crippen LogP contribution is 2.33. The number of nitrogens with zero attached hydrogens (tertiary/aromatic N) is 1. The summed E-state index contributed by atoms with van der Waals surface area (Å²) in [6, 6.07) is 6.12. The molecule has 1 heterocycles. The Morgan fingerprint density at radius 3 is 2.89 bits per heavy atom. The lowest BCUT2D eigenvalue weighted by Gasteiger charge is -2.15. The van der Waals surface area contributed by atoms with Gasteiger partial charge in [-0.25, -0.2) is 0 Å². The highest BCUT2D eigenvalue weighted by molar-refractivity contribution is 8.14. The third-order valence-electron chi connectivity index (χ3n) is 3.25. The van der Waals surface area contributed by atoms with Gasteiger partial charge in [-0.1, -0.05) is 24.8 Å². The molecule has 1 aromatic rings. The maximum Gasteiger partial charge on any atom is 0.161 e. The fourth-order valence-electron chi connectivity index (χ4n) is 1.81. The standard InChI is InChI=1S/C14H20N2OS/c1-5-14(3)9-18-13(16-14)15-11-8-10(2)6-7-12(11)17-4/h6-8H,5,9H2,1-4H3,(H,15,16). The van der Waals surface area contributed by atoms with E-state index in [0.29, 0.717) is 0 Å². The average molecular weight is 264 g/mol. The normalized spacial score (nSPS) is 22.8. The molecule has 1 aliphatic rings. The van der Waals surface area contributed by atoms with Crippen LogP contribution in [0, 0.1) is 6.92 Å². The van der Waals surface area contributed by atoms with Crippen molar-refractivity contribution in [1.82, 2.24) is 0 Å². The van der Waals surface area contributed by atoms with Gasteiger partial charge in [-0.05, 0) is 38.0 Å². The summed E-state index contributed by atoms with van der Waals surface area (Å²) in [5, 5.41) is 4.37. The molecule has 1 N–H and O–H groups in total. The first-order chi connectivity index (χ1) is 8.56. The molecule has 18 heavy (non-hydrogen) atoms. The van der Waals surface area contributed by atoms with Gasteiger partial charge in [0.25, 0.3) is 0 Å². The molecule has 0 fully saturated rings. The van der Waals surface area contributed by atoms with Gasteiger partial charge in [0, 0.05) is 5.75 Å². The lowest BCUT2D eigenvalue weighted by atomic mass is 10.0. The number of benzene rings is 1. The summed E-state index contributed by atoms with van der Waals surface area (Å²) in [6.07, 6.45) is 1.07. The third-order valence-corrected chi connectivity index (χ3v) is 4.48. The summed E-state index contributed by atoms with van der Waals surface area (Å²) in [5.74, 6) is 1.90. The van der Waals surface area contributed by atoms with Gasteiger partial charge in [0.05, 0.1) is 18.3 Å². The van der Waals surface area contributed by atoms with E-state index in [4.69, 9.17) is 9.73 Å². The van der Waals surface area contributed by atoms with E-state index in [-0.39, 0.29) is 5.54 Å². The van der Waals surface area contributed by atoms with Crippen molar-refractivity contribution < 1.29 is 4.74 Å². The van der Waals surface area contributed by atoms with Crippen molar-refractivity contribution in [3.8, 4) is 5.75 Å². The number of hydrogen-bond acceptors (Lipinski definition) is 4. The van der Waals surface area contributed by atoms with Gasteiger partial charge >= 0.3 is 0 Å². The lowest BCUT2D eigenvalue weighted by molar-refractivity contribution is 0.417. The number of aliphatic imine (C=N–C) groups is 1. The Bertz CT molecular complexity index is 473. The zero-order valence-electron chi connectivity index (χ0n) is 11.4. The molecule has 98 valence electrons. The van der Waals surface area contributed by atoms with Gasteiger partial charge in [0.15, 0.2) is 5.17 Å². The fourth-order valence-corrected chi connectivity index (χ4v) is 3.00. The van der Waals surface area contributed by atoms with Crippen molar-refractivity contribution in [1.29, 1.82) is 0 Å². The number of nitrogens with one attached hydrogen (secondary N) is 1. The molecule has 1 atom stereocenters.